The Bertz CT molecular complexity index is 368. The molecule has 2 aliphatic rings. The van der Waals surface area contributed by atoms with Crippen LogP contribution in [-0.2, 0) is 4.74 Å². The van der Waals surface area contributed by atoms with E-state index in [0.29, 0.717) is 0 Å². The molecule has 5 nitrogen and oxygen atoms in total. The van der Waals surface area contributed by atoms with Gasteiger partial charge in [0.2, 0.25) is 0 Å². The van der Waals surface area contributed by atoms with Crippen LogP contribution in [0.3, 0.4) is 0 Å². The Kier molecular flexibility index (Phi) is 8.89. The largest absolute Gasteiger partial charge is 0.381 e. The van der Waals surface area contributed by atoms with Gasteiger partial charge >= 0.3 is 0 Å². The van der Waals surface area contributed by atoms with Crippen LogP contribution in [0.5, 0.6) is 0 Å². The number of guanidine groups is 1. The van der Waals surface area contributed by atoms with Gasteiger partial charge in [0.25, 0.3) is 0 Å². The van der Waals surface area contributed by atoms with Crippen molar-refractivity contribution in [3.63, 3.8) is 0 Å². The third kappa shape index (κ3) is 6.60. The second-order valence-electron chi connectivity index (χ2n) is 7.38. The average molecular weight is 339 g/mol. The summed E-state index contributed by atoms with van der Waals surface area (Å²) in [6, 6.07) is 0.725. The first-order valence-corrected chi connectivity index (χ1v) is 10.0. The van der Waals surface area contributed by atoms with Gasteiger partial charge in [-0.25, -0.2) is 0 Å². The van der Waals surface area contributed by atoms with Crippen molar-refractivity contribution in [1.82, 2.24) is 15.1 Å². The molecule has 2 aliphatic heterocycles. The van der Waals surface area contributed by atoms with Crippen molar-refractivity contribution in [2.45, 2.75) is 58.4 Å². The van der Waals surface area contributed by atoms with Crippen LogP contribution >= 0.6 is 0 Å². The fourth-order valence-corrected chi connectivity index (χ4v) is 3.76. The number of hydrogen-bond acceptors (Lipinski definition) is 3. The fraction of sp³-hybridized carbons (Fsp3) is 0.947. The summed E-state index contributed by atoms with van der Waals surface area (Å²) < 4.78 is 5.46. The van der Waals surface area contributed by atoms with Gasteiger partial charge in [-0.2, -0.15) is 0 Å². The quantitative estimate of drug-likeness (QED) is 0.572. The minimum atomic E-state index is 0.725. The Hall–Kier alpha value is -0.810. The van der Waals surface area contributed by atoms with Gasteiger partial charge in [-0.05, 0) is 58.4 Å². The predicted molar refractivity (Wildman–Crippen MR) is 102 cm³/mol. The van der Waals surface area contributed by atoms with E-state index in [0.717, 1.165) is 57.3 Å². The number of rotatable bonds is 7. The molecule has 0 amide bonds. The summed E-state index contributed by atoms with van der Waals surface area (Å²) in [6.45, 7) is 11.6. The fourth-order valence-electron chi connectivity index (χ4n) is 3.76. The van der Waals surface area contributed by atoms with Crippen LogP contribution in [0, 0.1) is 5.92 Å². The van der Waals surface area contributed by atoms with Gasteiger partial charge in [-0.3, -0.25) is 9.89 Å². The lowest BCUT2D eigenvalue weighted by Crippen LogP contribution is -2.42. The van der Waals surface area contributed by atoms with Crippen LogP contribution in [0.15, 0.2) is 4.99 Å². The first-order valence-electron chi connectivity index (χ1n) is 10.0. The molecule has 1 unspecified atom stereocenters. The van der Waals surface area contributed by atoms with E-state index in [-0.39, 0.29) is 0 Å². The molecule has 2 rings (SSSR count). The molecule has 5 heteroatoms. The molecule has 2 heterocycles. The molecule has 2 fully saturated rings. The normalized spacial score (nSPS) is 24.1. The van der Waals surface area contributed by atoms with Crippen molar-refractivity contribution in [3.05, 3.63) is 0 Å². The minimum absolute atomic E-state index is 0.725. The van der Waals surface area contributed by atoms with Crippen molar-refractivity contribution >= 4 is 5.96 Å². The molecule has 1 atom stereocenters. The molecule has 0 aromatic rings. The van der Waals surface area contributed by atoms with E-state index >= 15 is 0 Å². The van der Waals surface area contributed by atoms with E-state index in [4.69, 9.17) is 9.73 Å². The standard InChI is InChI=1S/C19H38N4O/c1-4-20-19(21-11-14-23-12-6-5-7-17(23)2)22(3)13-8-18-9-15-24-16-10-18/h17-18H,4-16H2,1-3H3,(H,20,21). The topological polar surface area (TPSA) is 40.1 Å². The second-order valence-corrected chi connectivity index (χ2v) is 7.38. The third-order valence-electron chi connectivity index (χ3n) is 5.50. The molecule has 140 valence electrons. The molecule has 0 bridgehead atoms. The van der Waals surface area contributed by atoms with Crippen molar-refractivity contribution in [3.8, 4) is 0 Å². The smallest absolute Gasteiger partial charge is 0.193 e. The van der Waals surface area contributed by atoms with Crippen LogP contribution in [0.2, 0.25) is 0 Å². The number of likely N-dealkylation sites (tertiary alicyclic amines) is 1. The molecule has 24 heavy (non-hydrogen) atoms. The molecule has 0 aromatic heterocycles. The Morgan fingerprint density at radius 1 is 1.25 bits per heavy atom. The van der Waals surface area contributed by atoms with Crippen LogP contribution in [0.25, 0.3) is 0 Å². The molecule has 0 radical (unpaired) electrons. The van der Waals surface area contributed by atoms with Crippen LogP contribution in [0.4, 0.5) is 0 Å². The molecule has 1 N–H and O–H groups in total. The highest BCUT2D eigenvalue weighted by molar-refractivity contribution is 5.79. The van der Waals surface area contributed by atoms with Gasteiger partial charge in [0.05, 0.1) is 6.54 Å². The van der Waals surface area contributed by atoms with Gasteiger partial charge in [0.15, 0.2) is 5.96 Å². The SMILES string of the molecule is CCNC(=NCCN1CCCCC1C)N(C)CCC1CCOCC1. The molecule has 0 saturated carbocycles. The van der Waals surface area contributed by atoms with Crippen molar-refractivity contribution in [1.29, 1.82) is 0 Å². The summed E-state index contributed by atoms with van der Waals surface area (Å²) in [5.74, 6) is 1.88. The summed E-state index contributed by atoms with van der Waals surface area (Å²) in [4.78, 5) is 9.77. The Morgan fingerprint density at radius 3 is 2.75 bits per heavy atom. The van der Waals surface area contributed by atoms with Crippen LogP contribution < -0.4 is 5.32 Å². The monoisotopic (exact) mass is 338 g/mol. The Balaban J connectivity index is 1.75. The van der Waals surface area contributed by atoms with Gasteiger partial charge in [-0.15, -0.1) is 0 Å². The molecule has 0 aromatic carbocycles. The van der Waals surface area contributed by atoms with Gasteiger partial charge in [-0.1, -0.05) is 6.42 Å². The molecular weight excluding hydrogens is 300 g/mol. The second kappa shape index (κ2) is 10.9. The maximum absolute atomic E-state index is 5.46. The van der Waals surface area contributed by atoms with E-state index in [9.17, 15) is 0 Å². The number of piperidine rings is 1. The highest BCUT2D eigenvalue weighted by atomic mass is 16.5. The number of nitrogens with zero attached hydrogens (tertiary/aromatic N) is 3. The first kappa shape index (κ1) is 19.5. The lowest BCUT2D eigenvalue weighted by Gasteiger charge is -2.33. The summed E-state index contributed by atoms with van der Waals surface area (Å²) >= 11 is 0. The summed E-state index contributed by atoms with van der Waals surface area (Å²) in [7, 11) is 2.17. The number of aliphatic imine (C=N–C) groups is 1. The molecule has 2 saturated heterocycles. The van der Waals surface area contributed by atoms with Gasteiger partial charge in [0, 0.05) is 45.9 Å². The highest BCUT2D eigenvalue weighted by Gasteiger charge is 2.18. The van der Waals surface area contributed by atoms with Crippen molar-refractivity contribution in [2.75, 3.05) is 53.0 Å². The molecule has 0 aliphatic carbocycles. The van der Waals surface area contributed by atoms with E-state index < -0.39 is 0 Å². The zero-order valence-corrected chi connectivity index (χ0v) is 16.1. The average Bonchev–Trinajstić information content (AvgIpc) is 2.61. The molecule has 0 spiro atoms. The van der Waals surface area contributed by atoms with Crippen LogP contribution in [-0.4, -0.2) is 74.8 Å². The Labute approximate surface area is 148 Å². The van der Waals surface area contributed by atoms with E-state index in [2.05, 4.69) is 36.0 Å². The minimum Gasteiger partial charge on any atom is -0.381 e. The van der Waals surface area contributed by atoms with E-state index in [1.807, 2.05) is 0 Å². The zero-order chi connectivity index (χ0) is 17.2. The maximum Gasteiger partial charge on any atom is 0.193 e. The molecular formula is C19H38N4O. The van der Waals surface area contributed by atoms with Gasteiger partial charge < -0.3 is 15.0 Å². The highest BCUT2D eigenvalue weighted by Crippen LogP contribution is 2.18. The first-order chi connectivity index (χ1) is 11.7. The maximum atomic E-state index is 5.46. The number of nitrogens with one attached hydrogen (secondary N) is 1. The van der Waals surface area contributed by atoms with E-state index in [1.165, 1.54) is 45.1 Å². The van der Waals surface area contributed by atoms with Crippen molar-refractivity contribution in [2.24, 2.45) is 10.9 Å². The van der Waals surface area contributed by atoms with Gasteiger partial charge in [0.1, 0.15) is 0 Å². The summed E-state index contributed by atoms with van der Waals surface area (Å²) in [5, 5.41) is 3.45. The number of ether oxygens (including phenoxy) is 1. The lowest BCUT2D eigenvalue weighted by atomic mass is 9.96. The predicted octanol–water partition coefficient (Wildman–Crippen LogP) is 2.57. The summed E-state index contributed by atoms with van der Waals surface area (Å²) in [5.41, 5.74) is 0. The third-order valence-corrected chi connectivity index (χ3v) is 5.50. The lowest BCUT2D eigenvalue weighted by molar-refractivity contribution is 0.0625. The van der Waals surface area contributed by atoms with E-state index in [1.54, 1.807) is 0 Å². The summed E-state index contributed by atoms with van der Waals surface area (Å²) in [6.07, 6.45) is 7.75. The van der Waals surface area contributed by atoms with Crippen LogP contribution in [0.1, 0.15) is 52.4 Å². The Morgan fingerprint density at radius 2 is 2.04 bits per heavy atom. The van der Waals surface area contributed by atoms with Crippen molar-refractivity contribution < 1.29 is 4.74 Å². The zero-order valence-electron chi connectivity index (χ0n) is 16.1. The number of hydrogen-bond donors (Lipinski definition) is 1.